The molecule has 1 saturated heterocycles. The second-order valence-electron chi connectivity index (χ2n) is 6.72. The lowest BCUT2D eigenvalue weighted by Gasteiger charge is -2.21. The van der Waals surface area contributed by atoms with Crippen molar-refractivity contribution in [3.63, 3.8) is 0 Å². The van der Waals surface area contributed by atoms with Crippen molar-refractivity contribution >= 4 is 5.97 Å². The molecule has 0 amide bonds. The van der Waals surface area contributed by atoms with Crippen molar-refractivity contribution in [2.24, 2.45) is 0 Å². The fourth-order valence-electron chi connectivity index (χ4n) is 3.86. The molecule has 0 aromatic heterocycles. The van der Waals surface area contributed by atoms with Gasteiger partial charge in [0.05, 0.1) is 18.7 Å². The number of nitrogens with zero attached hydrogens (tertiary/aromatic N) is 1. The van der Waals surface area contributed by atoms with E-state index in [1.165, 1.54) is 11.1 Å². The van der Waals surface area contributed by atoms with Crippen molar-refractivity contribution in [3.8, 4) is 0 Å². The molecule has 3 heteroatoms. The lowest BCUT2D eigenvalue weighted by atomic mass is 9.98. The third-order valence-electron chi connectivity index (χ3n) is 5.05. The smallest absolute Gasteiger partial charge is 0.325 e. The van der Waals surface area contributed by atoms with Gasteiger partial charge in [0.15, 0.2) is 0 Å². The summed E-state index contributed by atoms with van der Waals surface area (Å²) < 4.78 is 5.39. The minimum Gasteiger partial charge on any atom is -0.465 e. The van der Waals surface area contributed by atoms with Gasteiger partial charge in [0.1, 0.15) is 6.04 Å². The highest BCUT2D eigenvalue weighted by molar-refractivity contribution is 5.81. The Labute approximate surface area is 160 Å². The van der Waals surface area contributed by atoms with E-state index in [0.717, 1.165) is 5.56 Å². The van der Waals surface area contributed by atoms with E-state index in [1.807, 2.05) is 61.5 Å². The van der Waals surface area contributed by atoms with Crippen LogP contribution >= 0.6 is 0 Å². The number of hydrogen-bond acceptors (Lipinski definition) is 3. The zero-order valence-corrected chi connectivity index (χ0v) is 15.4. The van der Waals surface area contributed by atoms with E-state index >= 15 is 0 Å². The first-order valence-corrected chi connectivity index (χ1v) is 9.40. The van der Waals surface area contributed by atoms with Crippen LogP contribution in [0.3, 0.4) is 0 Å². The lowest BCUT2D eigenvalue weighted by molar-refractivity contribution is -0.143. The highest BCUT2D eigenvalue weighted by Crippen LogP contribution is 2.52. The van der Waals surface area contributed by atoms with E-state index in [2.05, 4.69) is 41.3 Å². The molecule has 1 fully saturated rings. The predicted molar refractivity (Wildman–Crippen MR) is 106 cm³/mol. The largest absolute Gasteiger partial charge is 0.465 e. The van der Waals surface area contributed by atoms with E-state index in [9.17, 15) is 4.79 Å². The highest BCUT2D eigenvalue weighted by Gasteiger charge is 2.57. The average Bonchev–Trinajstić information content (AvgIpc) is 3.46. The number of carbonyl (C=O) groups excluding carboxylic acids is 1. The molecule has 1 unspecified atom stereocenters. The molecule has 3 atom stereocenters. The predicted octanol–water partition coefficient (Wildman–Crippen LogP) is 4.76. The van der Waals surface area contributed by atoms with Gasteiger partial charge in [-0.1, -0.05) is 91.0 Å². The van der Waals surface area contributed by atoms with Crippen molar-refractivity contribution in [2.45, 2.75) is 25.0 Å². The molecule has 27 heavy (non-hydrogen) atoms. The summed E-state index contributed by atoms with van der Waals surface area (Å²) in [6, 6.07) is 30.7. The van der Waals surface area contributed by atoms with Crippen LogP contribution in [0.2, 0.25) is 0 Å². The van der Waals surface area contributed by atoms with Crippen molar-refractivity contribution in [1.82, 2.24) is 4.90 Å². The molecule has 1 aliphatic rings. The van der Waals surface area contributed by atoms with Gasteiger partial charge in [-0.25, -0.2) is 0 Å². The molecule has 136 valence electrons. The zero-order valence-electron chi connectivity index (χ0n) is 15.4. The molecule has 4 rings (SSSR count). The average molecular weight is 357 g/mol. The second kappa shape index (κ2) is 7.77. The topological polar surface area (TPSA) is 29.3 Å². The first-order chi connectivity index (χ1) is 13.3. The first kappa shape index (κ1) is 17.5. The van der Waals surface area contributed by atoms with Crippen LogP contribution in [0.15, 0.2) is 91.0 Å². The molecule has 1 aliphatic heterocycles. The number of esters is 1. The van der Waals surface area contributed by atoms with E-state index < -0.39 is 0 Å². The van der Waals surface area contributed by atoms with Gasteiger partial charge >= 0.3 is 5.97 Å². The molecule has 1 heterocycles. The molecule has 0 spiro atoms. The number of carbonyl (C=O) groups is 1. The summed E-state index contributed by atoms with van der Waals surface area (Å²) in [5.41, 5.74) is 3.50. The van der Waals surface area contributed by atoms with Crippen LogP contribution in [0.1, 0.15) is 35.7 Å². The molecule has 3 nitrogen and oxygen atoms in total. The Morgan fingerprint density at radius 2 is 1.33 bits per heavy atom. The van der Waals surface area contributed by atoms with E-state index in [1.54, 1.807) is 0 Å². The normalized spacial score (nSPS) is 21.0. The zero-order chi connectivity index (χ0) is 18.6. The quantitative estimate of drug-likeness (QED) is 0.470. The highest BCUT2D eigenvalue weighted by atomic mass is 16.5. The van der Waals surface area contributed by atoms with Gasteiger partial charge in [-0.2, -0.15) is 0 Å². The molecule has 0 aliphatic carbocycles. The third kappa shape index (κ3) is 3.51. The molecule has 0 N–H and O–H groups in total. The summed E-state index contributed by atoms with van der Waals surface area (Å²) >= 11 is 0. The molecule has 0 saturated carbocycles. The van der Waals surface area contributed by atoms with Crippen LogP contribution in [-0.2, 0) is 9.53 Å². The maximum atomic E-state index is 12.7. The third-order valence-corrected chi connectivity index (χ3v) is 5.05. The Morgan fingerprint density at radius 1 is 0.852 bits per heavy atom. The van der Waals surface area contributed by atoms with Crippen LogP contribution < -0.4 is 0 Å². The SMILES string of the molecule is CCOC(=O)[C@H]1[C@@H](c2ccccc2)N1C(c1ccccc1)c1ccccc1. The summed E-state index contributed by atoms with van der Waals surface area (Å²) in [6.45, 7) is 2.25. The number of rotatable bonds is 6. The fourth-order valence-corrected chi connectivity index (χ4v) is 3.86. The summed E-state index contributed by atoms with van der Waals surface area (Å²) in [5, 5.41) is 0. The number of ether oxygens (including phenoxy) is 1. The monoisotopic (exact) mass is 357 g/mol. The van der Waals surface area contributed by atoms with Gasteiger partial charge < -0.3 is 4.74 Å². The molecule has 3 aromatic rings. The van der Waals surface area contributed by atoms with Crippen LogP contribution in [0.25, 0.3) is 0 Å². The van der Waals surface area contributed by atoms with Crippen LogP contribution in [0.5, 0.6) is 0 Å². The number of benzene rings is 3. The van der Waals surface area contributed by atoms with Crippen molar-refractivity contribution in [2.75, 3.05) is 6.61 Å². The maximum absolute atomic E-state index is 12.7. The Morgan fingerprint density at radius 3 is 1.81 bits per heavy atom. The Hall–Kier alpha value is -2.91. The van der Waals surface area contributed by atoms with E-state index in [4.69, 9.17) is 4.74 Å². The van der Waals surface area contributed by atoms with Crippen molar-refractivity contribution in [3.05, 3.63) is 108 Å². The van der Waals surface area contributed by atoms with Crippen molar-refractivity contribution in [1.29, 1.82) is 0 Å². The summed E-state index contributed by atoms with van der Waals surface area (Å²) in [6.07, 6.45) is 0. The van der Waals surface area contributed by atoms with Crippen molar-refractivity contribution < 1.29 is 9.53 Å². The van der Waals surface area contributed by atoms with Crippen LogP contribution in [0.4, 0.5) is 0 Å². The molecular formula is C24H23NO2. The summed E-state index contributed by atoms with van der Waals surface area (Å²) in [4.78, 5) is 15.0. The maximum Gasteiger partial charge on any atom is 0.325 e. The van der Waals surface area contributed by atoms with Gasteiger partial charge in [-0.3, -0.25) is 9.69 Å². The van der Waals surface area contributed by atoms with Gasteiger partial charge in [0.25, 0.3) is 0 Å². The minimum atomic E-state index is -0.266. The molecule has 0 bridgehead atoms. The second-order valence-corrected chi connectivity index (χ2v) is 6.72. The Bertz CT molecular complexity index is 841. The first-order valence-electron chi connectivity index (χ1n) is 9.40. The fraction of sp³-hybridized carbons (Fsp3) is 0.208. The minimum absolute atomic E-state index is 0.00649. The van der Waals surface area contributed by atoms with Crippen LogP contribution in [0, 0.1) is 0 Å². The van der Waals surface area contributed by atoms with Gasteiger partial charge in [-0.05, 0) is 23.6 Å². The Kier molecular flexibility index (Phi) is 5.03. The lowest BCUT2D eigenvalue weighted by Crippen LogP contribution is -2.20. The molecular weight excluding hydrogens is 334 g/mol. The Balaban J connectivity index is 1.76. The standard InChI is InChI=1S/C24H23NO2/c1-2-27-24(26)23-22(20-16-10-5-11-17-20)25(23)21(18-12-6-3-7-13-18)19-14-8-4-9-15-19/h3-17,21-23H,2H2,1H3/t22-,23-,25?/m1/s1. The summed E-state index contributed by atoms with van der Waals surface area (Å²) in [7, 11) is 0. The molecule has 0 radical (unpaired) electrons. The van der Waals surface area contributed by atoms with Crippen LogP contribution in [-0.4, -0.2) is 23.5 Å². The van der Waals surface area contributed by atoms with Gasteiger partial charge in [-0.15, -0.1) is 0 Å². The summed E-state index contributed by atoms with van der Waals surface area (Å²) in [5.74, 6) is -0.150. The van der Waals surface area contributed by atoms with Gasteiger partial charge in [0.2, 0.25) is 0 Å². The number of hydrogen-bond donors (Lipinski definition) is 0. The van der Waals surface area contributed by atoms with E-state index in [0.29, 0.717) is 6.61 Å². The molecule has 3 aromatic carbocycles. The van der Waals surface area contributed by atoms with Gasteiger partial charge in [0, 0.05) is 0 Å². The van der Waals surface area contributed by atoms with E-state index in [-0.39, 0.29) is 24.1 Å².